The van der Waals surface area contributed by atoms with Crippen molar-refractivity contribution in [2.24, 2.45) is 0 Å². The normalized spacial score (nSPS) is 12.8. The maximum atomic E-state index is 13.1. The van der Waals surface area contributed by atoms with Crippen molar-refractivity contribution in [2.75, 3.05) is 24.8 Å². The van der Waals surface area contributed by atoms with Crippen LogP contribution in [0.3, 0.4) is 0 Å². The van der Waals surface area contributed by atoms with Crippen LogP contribution in [0.5, 0.6) is 23.0 Å². The van der Waals surface area contributed by atoms with Gasteiger partial charge >= 0.3 is 0 Å². The first kappa shape index (κ1) is 25.9. The number of carbonyl (C=O) groups is 1. The third-order valence-electron chi connectivity index (χ3n) is 5.42. The van der Waals surface area contributed by atoms with E-state index >= 15 is 0 Å². The summed E-state index contributed by atoms with van der Waals surface area (Å²) in [5.41, 5.74) is 1.14. The van der Waals surface area contributed by atoms with Crippen LogP contribution in [0.15, 0.2) is 72.8 Å². The molecule has 9 heteroatoms. The van der Waals surface area contributed by atoms with Crippen molar-refractivity contribution in [1.29, 1.82) is 0 Å². The Balaban J connectivity index is 1.77. The number of sulfonamides is 1. The van der Waals surface area contributed by atoms with Crippen molar-refractivity contribution in [2.45, 2.75) is 25.9 Å². The van der Waals surface area contributed by atoms with Crippen molar-refractivity contribution >= 4 is 21.6 Å². The highest BCUT2D eigenvalue weighted by molar-refractivity contribution is 7.92. The van der Waals surface area contributed by atoms with Gasteiger partial charge in [0, 0.05) is 0 Å². The van der Waals surface area contributed by atoms with Crippen LogP contribution in [0.4, 0.5) is 5.69 Å². The molecule has 2 atom stereocenters. The molecule has 3 aromatic rings. The lowest BCUT2D eigenvalue weighted by Gasteiger charge is -2.29. The number of nitrogens with zero attached hydrogens (tertiary/aromatic N) is 1. The third-order valence-corrected chi connectivity index (χ3v) is 6.67. The third kappa shape index (κ3) is 6.45. The highest BCUT2D eigenvalue weighted by Gasteiger charge is 2.30. The number of methoxy groups -OCH3 is 2. The van der Waals surface area contributed by atoms with Crippen LogP contribution in [0, 0.1) is 0 Å². The molecule has 3 rings (SSSR count). The van der Waals surface area contributed by atoms with Crippen molar-refractivity contribution < 1.29 is 27.4 Å². The van der Waals surface area contributed by atoms with E-state index in [-0.39, 0.29) is 0 Å². The average molecular weight is 499 g/mol. The van der Waals surface area contributed by atoms with Crippen molar-refractivity contribution in [3.05, 3.63) is 78.4 Å². The molecular formula is C26H30N2O6S. The lowest BCUT2D eigenvalue weighted by Crippen LogP contribution is -2.48. The molecular weight excluding hydrogens is 468 g/mol. The number of amides is 1. The summed E-state index contributed by atoms with van der Waals surface area (Å²) in [7, 11) is -0.678. The largest absolute Gasteiger partial charge is 0.493 e. The highest BCUT2D eigenvalue weighted by Crippen LogP contribution is 2.30. The molecule has 0 saturated carbocycles. The van der Waals surface area contributed by atoms with Gasteiger partial charge < -0.3 is 19.5 Å². The van der Waals surface area contributed by atoms with Crippen LogP contribution in [-0.4, -0.2) is 40.8 Å². The Morgan fingerprint density at radius 1 is 0.857 bits per heavy atom. The first-order valence-corrected chi connectivity index (χ1v) is 12.8. The molecule has 2 unspecified atom stereocenters. The Bertz CT molecular complexity index is 1250. The van der Waals surface area contributed by atoms with E-state index in [1.807, 2.05) is 43.3 Å². The SMILES string of the molecule is COc1ccc(C(C)NC(=O)C(C)N(c2ccc(Oc3ccccc3)cc2)S(C)(=O)=O)cc1OC. The predicted octanol–water partition coefficient (Wildman–Crippen LogP) is 4.53. The molecule has 1 amide bonds. The van der Waals surface area contributed by atoms with Gasteiger partial charge in [-0.05, 0) is 67.9 Å². The number of hydrogen-bond acceptors (Lipinski definition) is 6. The van der Waals surface area contributed by atoms with E-state index in [2.05, 4.69) is 5.32 Å². The summed E-state index contributed by atoms with van der Waals surface area (Å²) < 4.78 is 42.8. The van der Waals surface area contributed by atoms with E-state index in [4.69, 9.17) is 14.2 Å². The summed E-state index contributed by atoms with van der Waals surface area (Å²) in [6.07, 6.45) is 1.07. The average Bonchev–Trinajstić information content (AvgIpc) is 2.84. The zero-order valence-corrected chi connectivity index (χ0v) is 21.2. The summed E-state index contributed by atoms with van der Waals surface area (Å²) >= 11 is 0. The summed E-state index contributed by atoms with van der Waals surface area (Å²) in [6.45, 7) is 3.36. The summed E-state index contributed by atoms with van der Waals surface area (Å²) in [4.78, 5) is 13.1. The van der Waals surface area contributed by atoms with Crippen molar-refractivity contribution in [3.8, 4) is 23.0 Å². The van der Waals surface area contributed by atoms with Crippen LogP contribution in [0.2, 0.25) is 0 Å². The Kier molecular flexibility index (Phi) is 8.24. The first-order chi connectivity index (χ1) is 16.6. The van der Waals surface area contributed by atoms with Gasteiger partial charge in [0.1, 0.15) is 17.5 Å². The highest BCUT2D eigenvalue weighted by atomic mass is 32.2. The molecule has 0 heterocycles. The minimum atomic E-state index is -3.76. The van der Waals surface area contributed by atoms with Crippen LogP contribution in [0.1, 0.15) is 25.5 Å². The Morgan fingerprint density at radius 2 is 1.46 bits per heavy atom. The summed E-state index contributed by atoms with van der Waals surface area (Å²) in [5.74, 6) is 1.88. The molecule has 0 aliphatic carbocycles. The number of benzene rings is 3. The van der Waals surface area contributed by atoms with Gasteiger partial charge in [0.2, 0.25) is 15.9 Å². The molecule has 3 aromatic carbocycles. The monoisotopic (exact) mass is 498 g/mol. The van der Waals surface area contributed by atoms with Gasteiger partial charge in [-0.3, -0.25) is 9.10 Å². The Labute approximate surface area is 206 Å². The second kappa shape index (κ2) is 11.1. The number of nitrogens with one attached hydrogen (secondary N) is 1. The zero-order chi connectivity index (χ0) is 25.6. The molecule has 0 aliphatic heterocycles. The van der Waals surface area contributed by atoms with Gasteiger partial charge in [-0.15, -0.1) is 0 Å². The van der Waals surface area contributed by atoms with Crippen molar-refractivity contribution in [1.82, 2.24) is 5.32 Å². The first-order valence-electron chi connectivity index (χ1n) is 11.0. The second-order valence-electron chi connectivity index (χ2n) is 7.99. The van der Waals surface area contributed by atoms with E-state index < -0.39 is 28.0 Å². The lowest BCUT2D eigenvalue weighted by molar-refractivity contribution is -0.122. The molecule has 1 N–H and O–H groups in total. The number of anilines is 1. The number of para-hydroxylation sites is 1. The number of carbonyl (C=O) groups excluding carboxylic acids is 1. The van der Waals surface area contributed by atoms with E-state index in [0.29, 0.717) is 28.7 Å². The van der Waals surface area contributed by atoms with Gasteiger partial charge in [-0.2, -0.15) is 0 Å². The molecule has 35 heavy (non-hydrogen) atoms. The molecule has 186 valence electrons. The maximum absolute atomic E-state index is 13.1. The molecule has 8 nitrogen and oxygen atoms in total. The van der Waals surface area contributed by atoms with Crippen LogP contribution in [0.25, 0.3) is 0 Å². The van der Waals surface area contributed by atoms with E-state index in [9.17, 15) is 13.2 Å². The zero-order valence-electron chi connectivity index (χ0n) is 20.4. The molecule has 0 radical (unpaired) electrons. The van der Waals surface area contributed by atoms with Crippen LogP contribution in [-0.2, 0) is 14.8 Å². The fraction of sp³-hybridized carbons (Fsp3) is 0.269. The minimum Gasteiger partial charge on any atom is -0.493 e. The van der Waals surface area contributed by atoms with E-state index in [1.165, 1.54) is 7.11 Å². The summed E-state index contributed by atoms with van der Waals surface area (Å²) in [6, 6.07) is 19.8. The number of rotatable bonds is 10. The van der Waals surface area contributed by atoms with Gasteiger partial charge in [0.05, 0.1) is 32.2 Å². The quantitative estimate of drug-likeness (QED) is 0.441. The number of ether oxygens (including phenoxy) is 3. The maximum Gasteiger partial charge on any atom is 0.244 e. The van der Waals surface area contributed by atoms with E-state index in [0.717, 1.165) is 16.1 Å². The Morgan fingerprint density at radius 3 is 2.03 bits per heavy atom. The molecule has 0 spiro atoms. The molecule has 0 fully saturated rings. The Hall–Kier alpha value is -3.72. The van der Waals surface area contributed by atoms with Crippen LogP contribution < -0.4 is 23.8 Å². The predicted molar refractivity (Wildman–Crippen MR) is 136 cm³/mol. The molecule has 0 aliphatic rings. The fourth-order valence-electron chi connectivity index (χ4n) is 3.63. The topological polar surface area (TPSA) is 94.2 Å². The van der Waals surface area contributed by atoms with Gasteiger partial charge in [-0.25, -0.2) is 8.42 Å². The summed E-state index contributed by atoms with van der Waals surface area (Å²) in [5, 5.41) is 2.89. The molecule has 0 aromatic heterocycles. The fourth-order valence-corrected chi connectivity index (χ4v) is 4.81. The van der Waals surface area contributed by atoms with Crippen molar-refractivity contribution in [3.63, 3.8) is 0 Å². The standard InChI is InChI=1S/C26H30N2O6S/c1-18(20-11-16-24(32-3)25(17-20)33-4)27-26(29)19(2)28(35(5,30)31)21-12-14-23(15-13-21)34-22-9-7-6-8-10-22/h6-19H,1-5H3,(H,27,29). The minimum absolute atomic E-state index is 0.356. The van der Waals surface area contributed by atoms with E-state index in [1.54, 1.807) is 50.4 Å². The number of hydrogen-bond donors (Lipinski definition) is 1. The lowest BCUT2D eigenvalue weighted by atomic mass is 10.1. The second-order valence-corrected chi connectivity index (χ2v) is 9.85. The van der Waals surface area contributed by atoms with Gasteiger partial charge in [0.25, 0.3) is 0 Å². The smallest absolute Gasteiger partial charge is 0.244 e. The molecule has 0 bridgehead atoms. The molecule has 0 saturated heterocycles. The van der Waals surface area contributed by atoms with Gasteiger partial charge in [-0.1, -0.05) is 24.3 Å². The van der Waals surface area contributed by atoms with Crippen LogP contribution >= 0.6 is 0 Å². The van der Waals surface area contributed by atoms with Gasteiger partial charge in [0.15, 0.2) is 11.5 Å².